The quantitative estimate of drug-likeness (QED) is 0.733. The van der Waals surface area contributed by atoms with E-state index in [1.54, 1.807) is 25.8 Å². The first-order chi connectivity index (χ1) is 11.0. The van der Waals surface area contributed by atoms with Gasteiger partial charge < -0.3 is 13.8 Å². The lowest BCUT2D eigenvalue weighted by molar-refractivity contribution is 0.0782. The molecule has 0 aliphatic rings. The number of carbonyl (C=O) groups is 1. The summed E-state index contributed by atoms with van der Waals surface area (Å²) in [7, 11) is 1.79. The zero-order chi connectivity index (χ0) is 16.6. The van der Waals surface area contributed by atoms with Gasteiger partial charge in [-0.15, -0.1) is 0 Å². The van der Waals surface area contributed by atoms with Gasteiger partial charge in [0.15, 0.2) is 0 Å². The van der Waals surface area contributed by atoms with Gasteiger partial charge in [-0.1, -0.05) is 30.3 Å². The Morgan fingerprint density at radius 2 is 2.00 bits per heavy atom. The first-order valence-corrected chi connectivity index (χ1v) is 7.70. The number of para-hydroxylation sites is 1. The maximum Gasteiger partial charge on any atom is 0.259 e. The van der Waals surface area contributed by atoms with Gasteiger partial charge in [0.1, 0.15) is 22.7 Å². The van der Waals surface area contributed by atoms with Gasteiger partial charge in [-0.25, -0.2) is 0 Å². The summed E-state index contributed by atoms with van der Waals surface area (Å²) in [6.07, 6.45) is 0.789. The molecule has 0 spiro atoms. The number of benzene rings is 1. The van der Waals surface area contributed by atoms with Crippen molar-refractivity contribution in [2.75, 3.05) is 7.05 Å². The number of amides is 1. The van der Waals surface area contributed by atoms with E-state index in [2.05, 4.69) is 12.1 Å². The predicted octanol–water partition coefficient (Wildman–Crippen LogP) is 3.87. The Bertz CT molecular complexity index is 841. The van der Waals surface area contributed by atoms with E-state index in [1.807, 2.05) is 24.3 Å². The standard InChI is InChI=1S/C18H20N2O3/c1-5-15-14(13-8-6-7-9-16(13)22-15)10-20(4)18(21)17-11(2)19-23-12(17)3/h6-9H,5,10H2,1-4H3. The van der Waals surface area contributed by atoms with E-state index in [1.165, 1.54) is 0 Å². The smallest absolute Gasteiger partial charge is 0.259 e. The van der Waals surface area contributed by atoms with Gasteiger partial charge in [0.05, 0.1) is 5.69 Å². The lowest BCUT2D eigenvalue weighted by Gasteiger charge is -2.17. The van der Waals surface area contributed by atoms with Gasteiger partial charge in [0, 0.05) is 31.0 Å². The highest BCUT2D eigenvalue weighted by Crippen LogP contribution is 2.28. The number of hydrogen-bond donors (Lipinski definition) is 0. The Balaban J connectivity index is 1.94. The maximum absolute atomic E-state index is 12.7. The molecule has 1 amide bonds. The molecule has 0 saturated heterocycles. The molecular weight excluding hydrogens is 292 g/mol. The third kappa shape index (κ3) is 2.63. The molecule has 0 N–H and O–H groups in total. The highest BCUT2D eigenvalue weighted by Gasteiger charge is 2.23. The van der Waals surface area contributed by atoms with Crippen LogP contribution in [-0.2, 0) is 13.0 Å². The fraction of sp³-hybridized carbons (Fsp3) is 0.333. The molecule has 0 fully saturated rings. The molecule has 0 aliphatic carbocycles. The summed E-state index contributed by atoms with van der Waals surface area (Å²) in [5, 5.41) is 4.92. The molecule has 5 nitrogen and oxygen atoms in total. The molecule has 0 unspecified atom stereocenters. The first-order valence-electron chi connectivity index (χ1n) is 7.70. The van der Waals surface area contributed by atoms with Gasteiger partial charge in [-0.3, -0.25) is 4.79 Å². The Morgan fingerprint density at radius 3 is 2.65 bits per heavy atom. The van der Waals surface area contributed by atoms with Crippen molar-refractivity contribution < 1.29 is 13.7 Å². The van der Waals surface area contributed by atoms with Crippen molar-refractivity contribution >= 4 is 16.9 Å². The largest absolute Gasteiger partial charge is 0.461 e. The van der Waals surface area contributed by atoms with Crippen molar-refractivity contribution in [2.24, 2.45) is 0 Å². The predicted molar refractivity (Wildman–Crippen MR) is 87.4 cm³/mol. The third-order valence-corrected chi connectivity index (χ3v) is 4.09. The van der Waals surface area contributed by atoms with E-state index in [0.29, 0.717) is 23.6 Å². The van der Waals surface area contributed by atoms with E-state index in [9.17, 15) is 4.79 Å². The Hall–Kier alpha value is -2.56. The molecule has 0 radical (unpaired) electrons. The molecule has 0 bridgehead atoms. The molecule has 120 valence electrons. The number of furan rings is 1. The molecule has 3 rings (SSSR count). The maximum atomic E-state index is 12.7. The second-order valence-electron chi connectivity index (χ2n) is 5.71. The molecule has 0 atom stereocenters. The second-order valence-corrected chi connectivity index (χ2v) is 5.71. The number of aryl methyl sites for hydroxylation is 3. The van der Waals surface area contributed by atoms with E-state index < -0.39 is 0 Å². The molecular formula is C18H20N2O3. The van der Waals surface area contributed by atoms with Crippen molar-refractivity contribution in [3.05, 3.63) is 52.6 Å². The lowest BCUT2D eigenvalue weighted by atomic mass is 10.1. The molecule has 0 saturated carbocycles. The van der Waals surface area contributed by atoms with Crippen LogP contribution in [0.15, 0.2) is 33.2 Å². The minimum Gasteiger partial charge on any atom is -0.461 e. The van der Waals surface area contributed by atoms with Crippen LogP contribution in [-0.4, -0.2) is 23.0 Å². The van der Waals surface area contributed by atoms with Crippen molar-refractivity contribution in [3.8, 4) is 0 Å². The van der Waals surface area contributed by atoms with Crippen LogP contribution in [0.4, 0.5) is 0 Å². The number of nitrogens with zero attached hydrogens (tertiary/aromatic N) is 2. The molecule has 0 aliphatic heterocycles. The number of hydrogen-bond acceptors (Lipinski definition) is 4. The van der Waals surface area contributed by atoms with Gasteiger partial charge >= 0.3 is 0 Å². The van der Waals surface area contributed by atoms with Crippen LogP contribution in [0.3, 0.4) is 0 Å². The van der Waals surface area contributed by atoms with Crippen LogP contribution in [0, 0.1) is 13.8 Å². The van der Waals surface area contributed by atoms with Crippen molar-refractivity contribution in [1.82, 2.24) is 10.1 Å². The summed E-state index contributed by atoms with van der Waals surface area (Å²) in [4.78, 5) is 14.4. The summed E-state index contributed by atoms with van der Waals surface area (Å²) in [6.45, 7) is 6.08. The van der Waals surface area contributed by atoms with E-state index in [4.69, 9.17) is 8.94 Å². The summed E-state index contributed by atoms with van der Waals surface area (Å²) in [5.74, 6) is 1.38. The van der Waals surface area contributed by atoms with Crippen LogP contribution in [0.1, 0.15) is 40.1 Å². The average Bonchev–Trinajstić information content (AvgIpc) is 3.07. The van der Waals surface area contributed by atoms with Crippen molar-refractivity contribution in [2.45, 2.75) is 33.7 Å². The van der Waals surface area contributed by atoms with E-state index in [-0.39, 0.29) is 5.91 Å². The fourth-order valence-corrected chi connectivity index (χ4v) is 2.90. The minimum absolute atomic E-state index is 0.0893. The second kappa shape index (κ2) is 5.91. The Morgan fingerprint density at radius 1 is 1.26 bits per heavy atom. The van der Waals surface area contributed by atoms with Gasteiger partial charge in [0.25, 0.3) is 5.91 Å². The molecule has 1 aromatic carbocycles. The van der Waals surface area contributed by atoms with Crippen LogP contribution in [0.2, 0.25) is 0 Å². The van der Waals surface area contributed by atoms with Crippen molar-refractivity contribution in [3.63, 3.8) is 0 Å². The lowest BCUT2D eigenvalue weighted by Crippen LogP contribution is -2.27. The molecule has 3 aromatic rings. The first kappa shape index (κ1) is 15.3. The molecule has 23 heavy (non-hydrogen) atoms. The minimum atomic E-state index is -0.0893. The number of aromatic nitrogens is 1. The monoisotopic (exact) mass is 312 g/mol. The average molecular weight is 312 g/mol. The number of carbonyl (C=O) groups excluding carboxylic acids is 1. The SMILES string of the molecule is CCc1oc2ccccc2c1CN(C)C(=O)c1c(C)noc1C. The third-order valence-electron chi connectivity index (χ3n) is 4.09. The zero-order valence-electron chi connectivity index (χ0n) is 13.8. The van der Waals surface area contributed by atoms with Gasteiger partial charge in [-0.2, -0.15) is 0 Å². The van der Waals surface area contributed by atoms with Crippen LogP contribution < -0.4 is 0 Å². The molecule has 2 heterocycles. The number of fused-ring (bicyclic) bond motifs is 1. The van der Waals surface area contributed by atoms with Crippen LogP contribution >= 0.6 is 0 Å². The van der Waals surface area contributed by atoms with Crippen LogP contribution in [0.25, 0.3) is 11.0 Å². The molecule has 2 aromatic heterocycles. The highest BCUT2D eigenvalue weighted by molar-refractivity contribution is 5.96. The summed E-state index contributed by atoms with van der Waals surface area (Å²) >= 11 is 0. The fourth-order valence-electron chi connectivity index (χ4n) is 2.90. The van der Waals surface area contributed by atoms with Gasteiger partial charge in [-0.05, 0) is 19.9 Å². The molecule has 5 heteroatoms. The Kier molecular flexibility index (Phi) is 3.94. The zero-order valence-corrected chi connectivity index (χ0v) is 13.8. The van der Waals surface area contributed by atoms with E-state index in [0.717, 1.165) is 28.7 Å². The van der Waals surface area contributed by atoms with E-state index >= 15 is 0 Å². The van der Waals surface area contributed by atoms with Crippen molar-refractivity contribution in [1.29, 1.82) is 0 Å². The topological polar surface area (TPSA) is 59.5 Å². The highest BCUT2D eigenvalue weighted by atomic mass is 16.5. The van der Waals surface area contributed by atoms with Gasteiger partial charge in [0.2, 0.25) is 0 Å². The summed E-state index contributed by atoms with van der Waals surface area (Å²) < 4.78 is 11.0. The Labute approximate surface area is 134 Å². The summed E-state index contributed by atoms with van der Waals surface area (Å²) in [6, 6.07) is 7.92. The normalized spacial score (nSPS) is 11.1. The van der Waals surface area contributed by atoms with Crippen LogP contribution in [0.5, 0.6) is 0 Å². The number of rotatable bonds is 4. The summed E-state index contributed by atoms with van der Waals surface area (Å²) in [5.41, 5.74) is 3.08.